The molecule has 0 aromatic heterocycles. The number of carbonyl (C=O) groups is 1. The summed E-state index contributed by atoms with van der Waals surface area (Å²) in [5.41, 5.74) is 3.95. The third-order valence-electron chi connectivity index (χ3n) is 4.63. The van der Waals surface area contributed by atoms with Crippen molar-refractivity contribution in [3.63, 3.8) is 0 Å². The molecule has 4 nitrogen and oxygen atoms in total. The van der Waals surface area contributed by atoms with Gasteiger partial charge in [0.1, 0.15) is 5.75 Å². The van der Waals surface area contributed by atoms with Crippen molar-refractivity contribution in [2.24, 2.45) is 0 Å². The fourth-order valence-electron chi connectivity index (χ4n) is 3.24. The largest absolute Gasteiger partial charge is 0.497 e. The van der Waals surface area contributed by atoms with Gasteiger partial charge in [0.15, 0.2) is 0 Å². The van der Waals surface area contributed by atoms with Crippen molar-refractivity contribution in [2.75, 3.05) is 25.1 Å². The van der Waals surface area contributed by atoms with Crippen LogP contribution in [0.15, 0.2) is 42.5 Å². The molecule has 1 fully saturated rings. The average molecular weight is 337 g/mol. The molecule has 0 bridgehead atoms. The van der Waals surface area contributed by atoms with Gasteiger partial charge in [0.25, 0.3) is 0 Å². The Morgan fingerprint density at radius 2 is 1.80 bits per heavy atom. The van der Waals surface area contributed by atoms with Crippen molar-refractivity contribution in [3.8, 4) is 5.75 Å². The van der Waals surface area contributed by atoms with Gasteiger partial charge in [-0.15, -0.1) is 0 Å². The minimum atomic E-state index is -0.933. The minimum Gasteiger partial charge on any atom is -0.497 e. The summed E-state index contributed by atoms with van der Waals surface area (Å²) in [6, 6.07) is 13.5. The Morgan fingerprint density at radius 3 is 2.36 bits per heavy atom. The van der Waals surface area contributed by atoms with Gasteiger partial charge in [-0.3, -0.25) is 0 Å². The topological polar surface area (TPSA) is 49.8 Å². The Kier molecular flexibility index (Phi) is 5.08. The van der Waals surface area contributed by atoms with Gasteiger partial charge in [-0.05, 0) is 66.8 Å². The molecule has 0 amide bonds. The molecule has 0 aliphatic carbocycles. The molecule has 2 aromatic carbocycles. The van der Waals surface area contributed by atoms with Crippen LogP contribution >= 0.6 is 0 Å². The third-order valence-corrected chi connectivity index (χ3v) is 4.63. The van der Waals surface area contributed by atoms with Crippen LogP contribution in [0.25, 0.3) is 11.6 Å². The number of methoxy groups -OCH3 is 1. The van der Waals surface area contributed by atoms with E-state index in [1.165, 1.54) is 18.5 Å². The Bertz CT molecular complexity index is 787. The summed E-state index contributed by atoms with van der Waals surface area (Å²) >= 11 is 0. The maximum absolute atomic E-state index is 11.8. The van der Waals surface area contributed by atoms with Gasteiger partial charge in [0.2, 0.25) is 0 Å². The number of carboxylic acids is 1. The van der Waals surface area contributed by atoms with Crippen molar-refractivity contribution in [1.82, 2.24) is 0 Å². The number of hydrogen-bond donors (Lipinski definition) is 1. The number of anilines is 1. The van der Waals surface area contributed by atoms with E-state index in [2.05, 4.69) is 17.0 Å². The molecular weight excluding hydrogens is 314 g/mol. The van der Waals surface area contributed by atoms with Crippen LogP contribution in [0.4, 0.5) is 5.69 Å². The summed E-state index contributed by atoms with van der Waals surface area (Å²) in [7, 11) is 1.60. The summed E-state index contributed by atoms with van der Waals surface area (Å²) in [5.74, 6) is -0.210. The number of benzene rings is 2. The van der Waals surface area contributed by atoms with E-state index in [4.69, 9.17) is 4.74 Å². The molecule has 130 valence electrons. The molecule has 25 heavy (non-hydrogen) atoms. The molecule has 1 aliphatic rings. The molecule has 0 unspecified atom stereocenters. The van der Waals surface area contributed by atoms with Gasteiger partial charge in [0, 0.05) is 18.8 Å². The number of carboxylic acid groups (broad SMARTS) is 1. The Morgan fingerprint density at radius 1 is 1.12 bits per heavy atom. The first-order valence-electron chi connectivity index (χ1n) is 8.53. The standard InChI is InChI=1S/C21H23NO3/c1-15-13-18(25-2)9-10-19(15)20(21(23)24)14-16-5-7-17(8-6-16)22-11-3-4-12-22/h5-10,13-14H,3-4,11-12H2,1-2H3,(H,23,24)/b20-14-. The van der Waals surface area contributed by atoms with Crippen LogP contribution in [0, 0.1) is 6.92 Å². The van der Waals surface area contributed by atoms with Crippen molar-refractivity contribution in [3.05, 3.63) is 59.2 Å². The zero-order valence-electron chi connectivity index (χ0n) is 14.7. The van der Waals surface area contributed by atoms with Crippen LogP contribution in [0.3, 0.4) is 0 Å². The number of ether oxygens (including phenoxy) is 1. The van der Waals surface area contributed by atoms with Crippen LogP contribution in [0.5, 0.6) is 5.75 Å². The molecule has 1 N–H and O–H groups in total. The lowest BCUT2D eigenvalue weighted by molar-refractivity contribution is -0.130. The summed E-state index contributed by atoms with van der Waals surface area (Å²) < 4.78 is 5.20. The van der Waals surface area contributed by atoms with Crippen molar-refractivity contribution >= 4 is 23.3 Å². The normalized spacial score (nSPS) is 14.6. The summed E-state index contributed by atoms with van der Waals surface area (Å²) in [5, 5.41) is 9.66. The van der Waals surface area contributed by atoms with Crippen molar-refractivity contribution in [2.45, 2.75) is 19.8 Å². The highest BCUT2D eigenvalue weighted by Crippen LogP contribution is 2.27. The monoisotopic (exact) mass is 337 g/mol. The molecule has 0 atom stereocenters. The SMILES string of the molecule is COc1ccc(/C(=C/c2ccc(N3CCCC3)cc2)C(=O)O)c(C)c1. The fourth-order valence-corrected chi connectivity index (χ4v) is 3.24. The number of aryl methyl sites for hydroxylation is 1. The van der Waals surface area contributed by atoms with E-state index in [0.29, 0.717) is 5.56 Å². The predicted octanol–water partition coefficient (Wildman–Crippen LogP) is 4.23. The van der Waals surface area contributed by atoms with E-state index in [1.807, 2.05) is 25.1 Å². The highest BCUT2D eigenvalue weighted by atomic mass is 16.5. The lowest BCUT2D eigenvalue weighted by atomic mass is 9.98. The van der Waals surface area contributed by atoms with Gasteiger partial charge in [-0.25, -0.2) is 4.79 Å². The average Bonchev–Trinajstić information content (AvgIpc) is 3.15. The molecule has 0 saturated carbocycles. The predicted molar refractivity (Wildman–Crippen MR) is 101 cm³/mol. The molecule has 1 aliphatic heterocycles. The van der Waals surface area contributed by atoms with E-state index < -0.39 is 5.97 Å². The second kappa shape index (κ2) is 7.43. The van der Waals surface area contributed by atoms with Gasteiger partial charge in [-0.1, -0.05) is 18.2 Å². The molecule has 0 radical (unpaired) electrons. The van der Waals surface area contributed by atoms with E-state index in [0.717, 1.165) is 30.0 Å². The molecule has 1 heterocycles. The fraction of sp³-hybridized carbons (Fsp3) is 0.286. The first-order chi connectivity index (χ1) is 12.1. The Balaban J connectivity index is 1.91. The number of aliphatic carboxylic acids is 1. The highest BCUT2D eigenvalue weighted by Gasteiger charge is 2.15. The lowest BCUT2D eigenvalue weighted by Gasteiger charge is -2.17. The van der Waals surface area contributed by atoms with Crippen molar-refractivity contribution < 1.29 is 14.6 Å². The van der Waals surface area contributed by atoms with E-state index in [-0.39, 0.29) is 5.57 Å². The van der Waals surface area contributed by atoms with E-state index >= 15 is 0 Å². The first kappa shape index (κ1) is 17.1. The van der Waals surface area contributed by atoms with E-state index in [9.17, 15) is 9.90 Å². The Labute approximate surface area is 148 Å². The maximum atomic E-state index is 11.8. The molecule has 0 spiro atoms. The van der Waals surface area contributed by atoms with Crippen molar-refractivity contribution in [1.29, 1.82) is 0 Å². The summed E-state index contributed by atoms with van der Waals surface area (Å²) in [6.07, 6.45) is 4.20. The number of nitrogens with zero attached hydrogens (tertiary/aromatic N) is 1. The van der Waals surface area contributed by atoms with Crippen LogP contribution in [-0.2, 0) is 4.79 Å². The smallest absolute Gasteiger partial charge is 0.336 e. The van der Waals surface area contributed by atoms with Gasteiger partial charge < -0.3 is 14.7 Å². The highest BCUT2D eigenvalue weighted by molar-refractivity contribution is 6.21. The quantitative estimate of drug-likeness (QED) is 0.655. The molecule has 4 heteroatoms. The second-order valence-corrected chi connectivity index (χ2v) is 6.33. The number of rotatable bonds is 5. The molecule has 3 rings (SSSR count). The zero-order valence-corrected chi connectivity index (χ0v) is 14.7. The second-order valence-electron chi connectivity index (χ2n) is 6.33. The molecule has 2 aromatic rings. The third kappa shape index (κ3) is 3.85. The Hall–Kier alpha value is -2.75. The van der Waals surface area contributed by atoms with Gasteiger partial charge in [-0.2, -0.15) is 0 Å². The van der Waals surface area contributed by atoms with Crippen LogP contribution in [0.1, 0.15) is 29.5 Å². The summed E-state index contributed by atoms with van der Waals surface area (Å²) in [4.78, 5) is 14.1. The summed E-state index contributed by atoms with van der Waals surface area (Å²) in [6.45, 7) is 4.09. The van der Waals surface area contributed by atoms with Crippen LogP contribution in [0.2, 0.25) is 0 Å². The lowest BCUT2D eigenvalue weighted by Crippen LogP contribution is -2.17. The van der Waals surface area contributed by atoms with E-state index in [1.54, 1.807) is 25.3 Å². The molecular formula is C21H23NO3. The zero-order chi connectivity index (χ0) is 17.8. The van der Waals surface area contributed by atoms with Crippen LogP contribution < -0.4 is 9.64 Å². The first-order valence-corrected chi connectivity index (χ1v) is 8.53. The molecule has 1 saturated heterocycles. The number of hydrogen-bond acceptors (Lipinski definition) is 3. The van der Waals surface area contributed by atoms with Gasteiger partial charge >= 0.3 is 5.97 Å². The van der Waals surface area contributed by atoms with Gasteiger partial charge in [0.05, 0.1) is 12.7 Å². The minimum absolute atomic E-state index is 0.286. The van der Waals surface area contributed by atoms with Crippen LogP contribution in [-0.4, -0.2) is 31.3 Å². The maximum Gasteiger partial charge on any atom is 0.336 e.